The molecule has 0 aromatic heterocycles. The minimum atomic E-state index is -0.657. The van der Waals surface area contributed by atoms with E-state index in [2.05, 4.69) is 20.8 Å². The van der Waals surface area contributed by atoms with Gasteiger partial charge in [0.15, 0.2) is 0 Å². The van der Waals surface area contributed by atoms with Gasteiger partial charge in [-0.15, -0.1) is 0 Å². The van der Waals surface area contributed by atoms with E-state index >= 15 is 0 Å². The molecule has 0 aliphatic rings. The lowest BCUT2D eigenvalue weighted by Crippen LogP contribution is -2.13. The molecule has 0 aliphatic carbocycles. The third kappa shape index (κ3) is 30.9. The number of hydrogen-bond donors (Lipinski definition) is 2. The smallest absolute Gasteiger partial charge is 0.306 e. The van der Waals surface area contributed by atoms with Gasteiger partial charge >= 0.3 is 11.9 Å². The lowest BCUT2D eigenvalue weighted by atomic mass is 9.94. The van der Waals surface area contributed by atoms with Crippen molar-refractivity contribution in [2.75, 3.05) is 0 Å². The SMILES string of the molecule is CCCCCCCCC(CCCCCC)C(=O)O.CCCCCCCCCCCCCC(=O)O. The normalized spacial score (nSPS) is 11.6. The van der Waals surface area contributed by atoms with Crippen LogP contribution in [0.4, 0.5) is 0 Å². The lowest BCUT2D eigenvalue weighted by Gasteiger charge is -2.11. The van der Waals surface area contributed by atoms with Crippen LogP contribution in [0.15, 0.2) is 0 Å². The summed E-state index contributed by atoms with van der Waals surface area (Å²) >= 11 is 0. The minimum Gasteiger partial charge on any atom is -0.481 e. The van der Waals surface area contributed by atoms with E-state index in [9.17, 15) is 14.7 Å². The van der Waals surface area contributed by atoms with Crippen molar-refractivity contribution in [1.29, 1.82) is 0 Å². The van der Waals surface area contributed by atoms with Crippen LogP contribution in [-0.4, -0.2) is 22.2 Å². The maximum Gasteiger partial charge on any atom is 0.306 e. The van der Waals surface area contributed by atoms with Crippen LogP contribution >= 0.6 is 0 Å². The van der Waals surface area contributed by atoms with E-state index in [1.54, 1.807) is 0 Å². The predicted octanol–water partition coefficient (Wildman–Crippen LogP) is 10.2. The second kappa shape index (κ2) is 30.0. The average molecular weight is 485 g/mol. The van der Waals surface area contributed by atoms with Gasteiger partial charge in [0.05, 0.1) is 5.92 Å². The fourth-order valence-electron chi connectivity index (χ4n) is 4.32. The Morgan fingerprint density at radius 1 is 0.471 bits per heavy atom. The first-order valence-electron chi connectivity index (χ1n) is 14.9. The zero-order valence-electron chi connectivity index (χ0n) is 23.3. The van der Waals surface area contributed by atoms with Crippen LogP contribution in [0, 0.1) is 5.92 Å². The highest BCUT2D eigenvalue weighted by atomic mass is 16.4. The molecule has 4 nitrogen and oxygen atoms in total. The highest BCUT2D eigenvalue weighted by molar-refractivity contribution is 5.69. The Bertz CT molecular complexity index is 422. The van der Waals surface area contributed by atoms with E-state index in [0.29, 0.717) is 6.42 Å². The molecule has 4 heteroatoms. The molecule has 0 saturated heterocycles. The van der Waals surface area contributed by atoms with E-state index in [0.717, 1.165) is 38.5 Å². The van der Waals surface area contributed by atoms with Gasteiger partial charge in [0.25, 0.3) is 0 Å². The summed E-state index contributed by atoms with van der Waals surface area (Å²) in [6.45, 7) is 6.65. The van der Waals surface area contributed by atoms with E-state index in [-0.39, 0.29) is 5.92 Å². The summed E-state index contributed by atoms with van der Waals surface area (Å²) in [6.07, 6.45) is 28.3. The highest BCUT2D eigenvalue weighted by Gasteiger charge is 2.16. The van der Waals surface area contributed by atoms with Crippen molar-refractivity contribution in [1.82, 2.24) is 0 Å². The van der Waals surface area contributed by atoms with Crippen LogP contribution in [-0.2, 0) is 9.59 Å². The largest absolute Gasteiger partial charge is 0.481 e. The van der Waals surface area contributed by atoms with Gasteiger partial charge in [-0.2, -0.15) is 0 Å². The summed E-state index contributed by atoms with van der Waals surface area (Å²) in [6, 6.07) is 0. The number of carboxylic acid groups (broad SMARTS) is 2. The molecule has 1 atom stereocenters. The van der Waals surface area contributed by atoms with Crippen LogP contribution < -0.4 is 0 Å². The number of hydrogen-bond acceptors (Lipinski definition) is 2. The Morgan fingerprint density at radius 3 is 1.09 bits per heavy atom. The minimum absolute atomic E-state index is 0.0898. The van der Waals surface area contributed by atoms with E-state index < -0.39 is 11.9 Å². The van der Waals surface area contributed by atoms with Crippen molar-refractivity contribution in [3.05, 3.63) is 0 Å². The van der Waals surface area contributed by atoms with E-state index in [1.807, 2.05) is 0 Å². The third-order valence-corrected chi connectivity index (χ3v) is 6.66. The molecule has 2 N–H and O–H groups in total. The molecule has 0 spiro atoms. The number of rotatable bonds is 25. The summed E-state index contributed by atoms with van der Waals surface area (Å²) in [5.41, 5.74) is 0. The summed E-state index contributed by atoms with van der Waals surface area (Å²) in [5, 5.41) is 17.6. The number of aliphatic carboxylic acids is 2. The Labute approximate surface area is 212 Å². The Morgan fingerprint density at radius 2 is 0.765 bits per heavy atom. The van der Waals surface area contributed by atoms with Gasteiger partial charge in [0.2, 0.25) is 0 Å². The van der Waals surface area contributed by atoms with E-state index in [4.69, 9.17) is 5.11 Å². The number of carboxylic acids is 2. The fourth-order valence-corrected chi connectivity index (χ4v) is 4.32. The summed E-state index contributed by atoms with van der Waals surface area (Å²) < 4.78 is 0. The Hall–Kier alpha value is -1.06. The average Bonchev–Trinajstić information content (AvgIpc) is 2.81. The van der Waals surface area contributed by atoms with E-state index in [1.165, 1.54) is 109 Å². The van der Waals surface area contributed by atoms with Gasteiger partial charge in [-0.1, -0.05) is 149 Å². The van der Waals surface area contributed by atoms with Gasteiger partial charge in [-0.05, 0) is 19.3 Å². The molecule has 0 heterocycles. The van der Waals surface area contributed by atoms with Gasteiger partial charge in [0.1, 0.15) is 0 Å². The first-order valence-corrected chi connectivity index (χ1v) is 14.9. The van der Waals surface area contributed by atoms with Gasteiger partial charge in [0, 0.05) is 6.42 Å². The molecular weight excluding hydrogens is 424 g/mol. The van der Waals surface area contributed by atoms with Crippen molar-refractivity contribution >= 4 is 11.9 Å². The molecule has 0 aromatic carbocycles. The van der Waals surface area contributed by atoms with Crippen LogP contribution in [0.5, 0.6) is 0 Å². The van der Waals surface area contributed by atoms with Gasteiger partial charge in [-0.25, -0.2) is 0 Å². The maximum absolute atomic E-state index is 11.1. The molecule has 0 fully saturated rings. The monoisotopic (exact) mass is 484 g/mol. The fraction of sp³-hybridized carbons (Fsp3) is 0.933. The Balaban J connectivity index is 0. The van der Waals surface area contributed by atoms with Crippen LogP contribution in [0.1, 0.15) is 175 Å². The molecule has 0 radical (unpaired) electrons. The second-order valence-corrected chi connectivity index (χ2v) is 10.1. The van der Waals surface area contributed by atoms with Crippen molar-refractivity contribution < 1.29 is 19.8 Å². The molecule has 0 aromatic rings. The molecule has 1 unspecified atom stereocenters. The summed E-state index contributed by atoms with van der Waals surface area (Å²) in [4.78, 5) is 21.4. The number of carbonyl (C=O) groups is 2. The molecular formula is C30H60O4. The third-order valence-electron chi connectivity index (χ3n) is 6.66. The predicted molar refractivity (Wildman–Crippen MR) is 147 cm³/mol. The molecule has 0 saturated carbocycles. The van der Waals surface area contributed by atoms with Crippen molar-refractivity contribution in [2.45, 2.75) is 175 Å². The van der Waals surface area contributed by atoms with Crippen molar-refractivity contribution in [3.8, 4) is 0 Å². The van der Waals surface area contributed by atoms with Crippen LogP contribution in [0.2, 0.25) is 0 Å². The van der Waals surface area contributed by atoms with Crippen molar-refractivity contribution in [2.24, 2.45) is 5.92 Å². The molecule has 0 aliphatic heterocycles. The standard InChI is InChI=1S/C16H32O2.C14H28O2/c1-3-5-7-9-10-12-14-15(16(17)18)13-11-8-6-4-2;1-2-3-4-5-6-7-8-9-10-11-12-13-14(15)16/h15H,3-14H2,1-2H3,(H,17,18);2-13H2,1H3,(H,15,16). The van der Waals surface area contributed by atoms with Crippen molar-refractivity contribution in [3.63, 3.8) is 0 Å². The topological polar surface area (TPSA) is 74.6 Å². The molecule has 0 rings (SSSR count). The second-order valence-electron chi connectivity index (χ2n) is 10.1. The zero-order chi connectivity index (χ0) is 25.7. The lowest BCUT2D eigenvalue weighted by molar-refractivity contribution is -0.142. The highest BCUT2D eigenvalue weighted by Crippen LogP contribution is 2.19. The summed E-state index contributed by atoms with van der Waals surface area (Å²) in [7, 11) is 0. The molecule has 34 heavy (non-hydrogen) atoms. The zero-order valence-corrected chi connectivity index (χ0v) is 23.3. The van der Waals surface area contributed by atoms with Crippen LogP contribution in [0.25, 0.3) is 0 Å². The summed E-state index contributed by atoms with van der Waals surface area (Å²) in [5.74, 6) is -1.33. The quantitative estimate of drug-likeness (QED) is 0.126. The molecule has 204 valence electrons. The van der Waals surface area contributed by atoms with Crippen LogP contribution in [0.3, 0.4) is 0 Å². The Kier molecular flexibility index (Phi) is 30.9. The molecule has 0 amide bonds. The first kappa shape index (κ1) is 35.1. The van der Waals surface area contributed by atoms with Gasteiger partial charge in [-0.3, -0.25) is 9.59 Å². The first-order chi connectivity index (χ1) is 16.5. The maximum atomic E-state index is 11.1. The van der Waals surface area contributed by atoms with Gasteiger partial charge < -0.3 is 10.2 Å². The molecule has 0 bridgehead atoms. The number of unbranched alkanes of at least 4 members (excludes halogenated alkanes) is 18.